The summed E-state index contributed by atoms with van der Waals surface area (Å²) < 4.78 is 24.4. The van der Waals surface area contributed by atoms with Gasteiger partial charge in [0.25, 0.3) is 0 Å². The fourth-order valence-electron chi connectivity index (χ4n) is 2.31. The van der Waals surface area contributed by atoms with Crippen LogP contribution in [0.15, 0.2) is 52.4 Å². The van der Waals surface area contributed by atoms with Gasteiger partial charge in [-0.05, 0) is 37.1 Å². The Morgan fingerprint density at radius 1 is 1.08 bits per heavy atom. The minimum absolute atomic E-state index is 0. The van der Waals surface area contributed by atoms with Crippen molar-refractivity contribution < 1.29 is 8.42 Å². The highest BCUT2D eigenvalue weighted by Crippen LogP contribution is 2.16. The maximum absolute atomic E-state index is 12.2. The first-order valence-electron chi connectivity index (χ1n) is 8.35. The van der Waals surface area contributed by atoms with Crippen LogP contribution in [-0.2, 0) is 22.8 Å². The summed E-state index contributed by atoms with van der Waals surface area (Å²) in [5.41, 5.74) is 0. The zero-order chi connectivity index (χ0) is 18.1. The molecule has 144 valence electrons. The molecule has 8 heteroatoms. The predicted octanol–water partition coefficient (Wildman–Crippen LogP) is 3.46. The predicted molar refractivity (Wildman–Crippen MR) is 120 cm³/mol. The highest BCUT2D eigenvalue weighted by Gasteiger charge is 2.13. The zero-order valence-electron chi connectivity index (χ0n) is 15.1. The standard InChI is InChI=1S/C18H25N3O2S2.HI/c1-3-15-10-11-16(24-15)14-21-18(19-2)20-12-7-13-25(22,23)17-8-5-4-6-9-17;/h4-6,8-11H,3,7,12-14H2,1-2H3,(H2,19,20,21);1H. The molecule has 2 rings (SSSR count). The van der Waals surface area contributed by atoms with Crippen molar-refractivity contribution in [2.75, 3.05) is 19.3 Å². The van der Waals surface area contributed by atoms with E-state index in [0.717, 1.165) is 6.42 Å². The van der Waals surface area contributed by atoms with Gasteiger partial charge in [-0.25, -0.2) is 8.42 Å². The van der Waals surface area contributed by atoms with Crippen LogP contribution in [0.2, 0.25) is 0 Å². The molecule has 0 amide bonds. The van der Waals surface area contributed by atoms with Crippen LogP contribution in [0.4, 0.5) is 0 Å². The second kappa shape index (κ2) is 11.6. The van der Waals surface area contributed by atoms with Gasteiger partial charge in [-0.1, -0.05) is 25.1 Å². The van der Waals surface area contributed by atoms with Gasteiger partial charge in [-0.15, -0.1) is 35.3 Å². The van der Waals surface area contributed by atoms with Crippen molar-refractivity contribution in [1.29, 1.82) is 0 Å². The molecule has 0 atom stereocenters. The quantitative estimate of drug-likeness (QED) is 0.249. The summed E-state index contributed by atoms with van der Waals surface area (Å²) in [4.78, 5) is 7.17. The van der Waals surface area contributed by atoms with Gasteiger partial charge in [0, 0.05) is 23.3 Å². The van der Waals surface area contributed by atoms with Crippen LogP contribution in [0.25, 0.3) is 0 Å². The van der Waals surface area contributed by atoms with Gasteiger partial charge in [0.1, 0.15) is 0 Å². The van der Waals surface area contributed by atoms with E-state index in [1.165, 1.54) is 9.75 Å². The summed E-state index contributed by atoms with van der Waals surface area (Å²) in [7, 11) is -1.51. The third kappa shape index (κ3) is 7.24. The Labute approximate surface area is 177 Å². The SMILES string of the molecule is CCc1ccc(CNC(=NC)NCCCS(=O)(=O)c2ccccc2)s1.I. The first-order chi connectivity index (χ1) is 12.0. The first-order valence-corrected chi connectivity index (χ1v) is 10.8. The Balaban J connectivity index is 0.00000338. The molecule has 0 bridgehead atoms. The third-order valence-corrected chi connectivity index (χ3v) is 6.75. The Bertz CT molecular complexity index is 790. The molecule has 0 aliphatic heterocycles. The number of sulfone groups is 1. The molecule has 0 radical (unpaired) electrons. The van der Waals surface area contributed by atoms with Crippen LogP contribution in [0.3, 0.4) is 0 Å². The van der Waals surface area contributed by atoms with Gasteiger partial charge >= 0.3 is 0 Å². The van der Waals surface area contributed by atoms with Crippen molar-refractivity contribution in [3.63, 3.8) is 0 Å². The number of aryl methyl sites for hydroxylation is 1. The molecule has 5 nitrogen and oxygen atoms in total. The Hall–Kier alpha value is -1.13. The van der Waals surface area contributed by atoms with Gasteiger partial charge in [-0.3, -0.25) is 4.99 Å². The number of thiophene rings is 1. The number of guanidine groups is 1. The van der Waals surface area contributed by atoms with E-state index in [4.69, 9.17) is 0 Å². The summed E-state index contributed by atoms with van der Waals surface area (Å²) in [6.45, 7) is 3.41. The molecular formula is C18H26IN3O2S2. The summed E-state index contributed by atoms with van der Waals surface area (Å²) in [5.74, 6) is 0.801. The lowest BCUT2D eigenvalue weighted by Crippen LogP contribution is -2.37. The molecule has 2 aromatic rings. The summed E-state index contributed by atoms with van der Waals surface area (Å²) in [5, 5.41) is 6.42. The first kappa shape index (κ1) is 22.9. The Kier molecular flexibility index (Phi) is 10.2. The average Bonchev–Trinajstić information content (AvgIpc) is 3.10. The highest BCUT2D eigenvalue weighted by molar-refractivity contribution is 14.0. The maximum atomic E-state index is 12.2. The molecule has 1 aromatic carbocycles. The van der Waals surface area contributed by atoms with Gasteiger partial charge in [0.05, 0.1) is 17.2 Å². The van der Waals surface area contributed by atoms with E-state index < -0.39 is 9.84 Å². The summed E-state index contributed by atoms with van der Waals surface area (Å²) >= 11 is 1.79. The lowest BCUT2D eigenvalue weighted by atomic mass is 10.3. The molecule has 0 saturated carbocycles. The normalized spacial score (nSPS) is 11.7. The number of halogens is 1. The Morgan fingerprint density at radius 2 is 1.77 bits per heavy atom. The number of nitrogens with zero attached hydrogens (tertiary/aromatic N) is 1. The molecule has 1 aromatic heterocycles. The van der Waals surface area contributed by atoms with Crippen molar-refractivity contribution in [2.45, 2.75) is 31.2 Å². The van der Waals surface area contributed by atoms with Crippen molar-refractivity contribution in [3.8, 4) is 0 Å². The fourth-order valence-corrected chi connectivity index (χ4v) is 4.54. The number of aliphatic imine (C=N–C) groups is 1. The van der Waals surface area contributed by atoms with Crippen LogP contribution < -0.4 is 10.6 Å². The van der Waals surface area contributed by atoms with Crippen LogP contribution in [0, 0.1) is 0 Å². The molecule has 2 N–H and O–H groups in total. The minimum Gasteiger partial charge on any atom is -0.356 e. The molecule has 1 heterocycles. The van der Waals surface area contributed by atoms with Gasteiger partial charge < -0.3 is 10.6 Å². The van der Waals surface area contributed by atoms with E-state index in [-0.39, 0.29) is 29.7 Å². The third-order valence-electron chi connectivity index (χ3n) is 3.70. The van der Waals surface area contributed by atoms with E-state index in [1.807, 2.05) is 6.07 Å². The van der Waals surface area contributed by atoms with Crippen molar-refractivity contribution >= 4 is 51.1 Å². The van der Waals surface area contributed by atoms with E-state index >= 15 is 0 Å². The minimum atomic E-state index is -3.22. The monoisotopic (exact) mass is 507 g/mol. The van der Waals surface area contributed by atoms with E-state index in [2.05, 4.69) is 34.7 Å². The van der Waals surface area contributed by atoms with Gasteiger partial charge in [-0.2, -0.15) is 0 Å². The van der Waals surface area contributed by atoms with Crippen LogP contribution in [0.1, 0.15) is 23.1 Å². The zero-order valence-corrected chi connectivity index (χ0v) is 19.0. The van der Waals surface area contributed by atoms with E-state index in [9.17, 15) is 8.42 Å². The molecule has 0 unspecified atom stereocenters. The second-order valence-electron chi connectivity index (χ2n) is 5.56. The smallest absolute Gasteiger partial charge is 0.191 e. The van der Waals surface area contributed by atoms with Gasteiger partial charge in [0.15, 0.2) is 15.8 Å². The molecule has 0 fully saturated rings. The molecule has 0 aliphatic carbocycles. The fraction of sp³-hybridized carbons (Fsp3) is 0.389. The number of hydrogen-bond acceptors (Lipinski definition) is 4. The largest absolute Gasteiger partial charge is 0.356 e. The lowest BCUT2D eigenvalue weighted by molar-refractivity contribution is 0.592. The topological polar surface area (TPSA) is 70.6 Å². The lowest BCUT2D eigenvalue weighted by Gasteiger charge is -2.11. The Morgan fingerprint density at radius 3 is 2.38 bits per heavy atom. The number of benzene rings is 1. The molecule has 0 saturated heterocycles. The molecule has 0 spiro atoms. The number of nitrogens with one attached hydrogen (secondary N) is 2. The highest BCUT2D eigenvalue weighted by atomic mass is 127. The average molecular weight is 507 g/mol. The van der Waals surface area contributed by atoms with Crippen LogP contribution in [0.5, 0.6) is 0 Å². The van der Waals surface area contributed by atoms with Crippen LogP contribution >= 0.6 is 35.3 Å². The second-order valence-corrected chi connectivity index (χ2v) is 8.92. The molecular weight excluding hydrogens is 481 g/mol. The van der Waals surface area contributed by atoms with Crippen molar-refractivity contribution in [3.05, 3.63) is 52.2 Å². The van der Waals surface area contributed by atoms with E-state index in [1.54, 1.807) is 42.6 Å². The number of hydrogen-bond donors (Lipinski definition) is 2. The van der Waals surface area contributed by atoms with Crippen LogP contribution in [-0.4, -0.2) is 33.7 Å². The molecule has 26 heavy (non-hydrogen) atoms. The molecule has 0 aliphatic rings. The van der Waals surface area contributed by atoms with Crippen molar-refractivity contribution in [2.24, 2.45) is 4.99 Å². The summed E-state index contributed by atoms with van der Waals surface area (Å²) in [6.07, 6.45) is 1.57. The number of rotatable bonds is 8. The summed E-state index contributed by atoms with van der Waals surface area (Å²) in [6, 6.07) is 12.8. The van der Waals surface area contributed by atoms with Gasteiger partial charge in [0.2, 0.25) is 0 Å². The van der Waals surface area contributed by atoms with E-state index in [0.29, 0.717) is 30.4 Å². The van der Waals surface area contributed by atoms with Crippen molar-refractivity contribution in [1.82, 2.24) is 10.6 Å². The maximum Gasteiger partial charge on any atom is 0.191 e.